The highest BCUT2D eigenvalue weighted by Crippen LogP contribution is 2.31. The number of rotatable bonds is 5. The molecule has 0 amide bonds. The van der Waals surface area contributed by atoms with Gasteiger partial charge in [-0.05, 0) is 35.8 Å². The lowest BCUT2D eigenvalue weighted by Crippen LogP contribution is -2.27. The number of hydrogen-bond donors (Lipinski definition) is 0. The summed E-state index contributed by atoms with van der Waals surface area (Å²) in [7, 11) is 3.37. The van der Waals surface area contributed by atoms with Crippen molar-refractivity contribution in [1.29, 1.82) is 0 Å². The topological polar surface area (TPSA) is 34.8 Å². The molecule has 0 spiro atoms. The van der Waals surface area contributed by atoms with Crippen LogP contribution >= 0.6 is 0 Å². The van der Waals surface area contributed by atoms with Crippen molar-refractivity contribution in [1.82, 2.24) is 4.90 Å². The Morgan fingerprint density at radius 1 is 1.04 bits per heavy atom. The average molecular weight is 349 g/mol. The number of benzene rings is 2. The number of nitrogens with zero attached hydrogens (tertiary/aromatic N) is 1. The summed E-state index contributed by atoms with van der Waals surface area (Å²) in [5.41, 5.74) is 4.73. The summed E-state index contributed by atoms with van der Waals surface area (Å²) < 4.78 is 16.4. The second-order valence-electron chi connectivity index (χ2n) is 6.54. The third kappa shape index (κ3) is 3.20. The van der Waals surface area contributed by atoms with Gasteiger partial charge in [0, 0.05) is 30.6 Å². The predicted octanol–water partition coefficient (Wildman–Crippen LogP) is 4.74. The van der Waals surface area contributed by atoms with Crippen LogP contribution in [0, 0.1) is 0 Å². The van der Waals surface area contributed by atoms with Gasteiger partial charge in [0.2, 0.25) is 0 Å². The van der Waals surface area contributed by atoms with E-state index in [1.807, 2.05) is 30.5 Å². The molecule has 1 aliphatic heterocycles. The molecule has 0 unspecified atom stereocenters. The van der Waals surface area contributed by atoms with E-state index < -0.39 is 0 Å². The molecule has 4 nitrogen and oxygen atoms in total. The lowest BCUT2D eigenvalue weighted by Gasteiger charge is -2.26. The number of para-hydroxylation sites is 1. The van der Waals surface area contributed by atoms with E-state index in [4.69, 9.17) is 13.9 Å². The van der Waals surface area contributed by atoms with Gasteiger partial charge in [-0.3, -0.25) is 4.90 Å². The Morgan fingerprint density at radius 3 is 2.58 bits per heavy atom. The average Bonchev–Trinajstić information content (AvgIpc) is 3.11. The Morgan fingerprint density at radius 2 is 1.88 bits per heavy atom. The fourth-order valence-corrected chi connectivity index (χ4v) is 3.53. The van der Waals surface area contributed by atoms with Crippen LogP contribution in [0.5, 0.6) is 11.5 Å². The summed E-state index contributed by atoms with van der Waals surface area (Å²) in [4.78, 5) is 2.44. The minimum atomic E-state index is 0.786. The Kier molecular flexibility index (Phi) is 4.67. The van der Waals surface area contributed by atoms with Crippen LogP contribution in [0.4, 0.5) is 0 Å². The molecule has 1 aliphatic rings. The number of fused-ring (bicyclic) bond motifs is 1. The number of hydrogen-bond acceptors (Lipinski definition) is 4. The summed E-state index contributed by atoms with van der Waals surface area (Å²) >= 11 is 0. The van der Waals surface area contributed by atoms with Crippen LogP contribution in [0.15, 0.2) is 59.2 Å². The van der Waals surface area contributed by atoms with Gasteiger partial charge in [-0.2, -0.15) is 0 Å². The fraction of sp³-hybridized carbons (Fsp3) is 0.273. The summed E-state index contributed by atoms with van der Waals surface area (Å²) in [6, 6.07) is 14.4. The first-order valence-electron chi connectivity index (χ1n) is 8.87. The highest BCUT2D eigenvalue weighted by Gasteiger charge is 2.16. The van der Waals surface area contributed by atoms with Gasteiger partial charge in [0.25, 0.3) is 0 Å². The monoisotopic (exact) mass is 349 g/mol. The summed E-state index contributed by atoms with van der Waals surface area (Å²) in [6.45, 7) is 2.86. The minimum Gasteiger partial charge on any atom is -0.497 e. The Hall–Kier alpha value is -2.72. The molecular weight excluding hydrogens is 326 g/mol. The van der Waals surface area contributed by atoms with Gasteiger partial charge in [0.05, 0.1) is 20.5 Å². The maximum atomic E-state index is 5.75. The molecule has 26 heavy (non-hydrogen) atoms. The Balaban J connectivity index is 1.47. The minimum absolute atomic E-state index is 0.786. The molecule has 0 radical (unpaired) electrons. The molecule has 0 N–H and O–H groups in total. The molecular formula is C22H23NO3. The third-order valence-electron chi connectivity index (χ3n) is 5.01. The van der Waals surface area contributed by atoms with Gasteiger partial charge < -0.3 is 13.9 Å². The van der Waals surface area contributed by atoms with Gasteiger partial charge in [-0.1, -0.05) is 30.3 Å². The van der Waals surface area contributed by atoms with Crippen molar-refractivity contribution in [2.75, 3.05) is 27.3 Å². The van der Waals surface area contributed by atoms with Gasteiger partial charge in [-0.15, -0.1) is 0 Å². The van der Waals surface area contributed by atoms with E-state index in [-0.39, 0.29) is 0 Å². The Bertz CT molecular complexity index is 924. The summed E-state index contributed by atoms with van der Waals surface area (Å²) in [6.07, 6.45) is 5.23. The first kappa shape index (κ1) is 16.7. The molecule has 0 aliphatic carbocycles. The highest BCUT2D eigenvalue weighted by molar-refractivity contribution is 5.86. The number of ether oxygens (including phenoxy) is 2. The zero-order valence-electron chi connectivity index (χ0n) is 15.2. The van der Waals surface area contributed by atoms with Gasteiger partial charge >= 0.3 is 0 Å². The highest BCUT2D eigenvalue weighted by atomic mass is 16.5. The third-order valence-corrected chi connectivity index (χ3v) is 5.01. The van der Waals surface area contributed by atoms with Crippen molar-refractivity contribution >= 4 is 16.5 Å². The largest absolute Gasteiger partial charge is 0.497 e. The van der Waals surface area contributed by atoms with Crippen LogP contribution < -0.4 is 9.47 Å². The quantitative estimate of drug-likeness (QED) is 0.666. The molecule has 1 aromatic heterocycles. The molecule has 0 atom stereocenters. The van der Waals surface area contributed by atoms with Crippen molar-refractivity contribution in [3.05, 3.63) is 65.9 Å². The van der Waals surface area contributed by atoms with Gasteiger partial charge in [0.1, 0.15) is 5.75 Å². The standard InChI is InChI=1S/C22H23NO3/c1-24-19-8-6-16(7-9-19)17-10-12-23(13-11-17)14-18-15-26-22-20(18)4-3-5-21(22)25-2/h3-10,15H,11-14H2,1-2H3. The van der Waals surface area contributed by atoms with E-state index in [9.17, 15) is 0 Å². The zero-order chi connectivity index (χ0) is 17.9. The van der Waals surface area contributed by atoms with Crippen LogP contribution in [0.2, 0.25) is 0 Å². The van der Waals surface area contributed by atoms with Crippen molar-refractivity contribution in [2.24, 2.45) is 0 Å². The van der Waals surface area contributed by atoms with Crippen LogP contribution in [0.3, 0.4) is 0 Å². The normalized spacial score (nSPS) is 15.1. The van der Waals surface area contributed by atoms with Crippen molar-refractivity contribution < 1.29 is 13.9 Å². The second-order valence-corrected chi connectivity index (χ2v) is 6.54. The number of furan rings is 1. The predicted molar refractivity (Wildman–Crippen MR) is 104 cm³/mol. The molecule has 0 saturated heterocycles. The number of methoxy groups -OCH3 is 2. The van der Waals surface area contributed by atoms with E-state index in [2.05, 4.69) is 29.2 Å². The van der Waals surface area contributed by atoms with Crippen molar-refractivity contribution in [3.63, 3.8) is 0 Å². The van der Waals surface area contributed by atoms with Crippen LogP contribution in [-0.4, -0.2) is 32.2 Å². The second kappa shape index (κ2) is 7.26. The van der Waals surface area contributed by atoms with E-state index in [0.717, 1.165) is 48.5 Å². The maximum absolute atomic E-state index is 5.75. The molecule has 2 heterocycles. The van der Waals surface area contributed by atoms with E-state index >= 15 is 0 Å². The molecule has 3 aromatic rings. The molecule has 2 aromatic carbocycles. The Labute approximate surface area is 153 Å². The van der Waals surface area contributed by atoms with E-state index in [0.29, 0.717) is 0 Å². The van der Waals surface area contributed by atoms with Crippen molar-refractivity contribution in [2.45, 2.75) is 13.0 Å². The van der Waals surface area contributed by atoms with Crippen LogP contribution in [-0.2, 0) is 6.54 Å². The summed E-state index contributed by atoms with van der Waals surface area (Å²) in [5.74, 6) is 1.68. The fourth-order valence-electron chi connectivity index (χ4n) is 3.53. The molecule has 0 bridgehead atoms. The molecule has 4 rings (SSSR count). The van der Waals surface area contributed by atoms with Gasteiger partial charge in [0.15, 0.2) is 11.3 Å². The van der Waals surface area contributed by atoms with E-state index in [1.165, 1.54) is 16.7 Å². The molecule has 4 heteroatoms. The molecule has 134 valence electrons. The van der Waals surface area contributed by atoms with E-state index in [1.54, 1.807) is 14.2 Å². The maximum Gasteiger partial charge on any atom is 0.176 e. The van der Waals surface area contributed by atoms with Crippen LogP contribution in [0.25, 0.3) is 16.5 Å². The molecule has 0 fully saturated rings. The SMILES string of the molecule is COc1ccc(C2=CCN(Cc3coc4c(OC)cccc34)CC2)cc1. The zero-order valence-corrected chi connectivity index (χ0v) is 15.2. The first-order valence-corrected chi connectivity index (χ1v) is 8.87. The smallest absolute Gasteiger partial charge is 0.176 e. The van der Waals surface area contributed by atoms with Crippen LogP contribution in [0.1, 0.15) is 17.5 Å². The molecule has 0 saturated carbocycles. The van der Waals surface area contributed by atoms with Crippen molar-refractivity contribution in [3.8, 4) is 11.5 Å². The van der Waals surface area contributed by atoms with Gasteiger partial charge in [-0.25, -0.2) is 0 Å². The first-order chi connectivity index (χ1) is 12.8. The lowest BCUT2D eigenvalue weighted by molar-refractivity contribution is 0.293. The lowest BCUT2D eigenvalue weighted by atomic mass is 9.99. The summed E-state index contributed by atoms with van der Waals surface area (Å²) in [5, 5.41) is 1.13.